The summed E-state index contributed by atoms with van der Waals surface area (Å²) in [6, 6.07) is 3.74. The van der Waals surface area contributed by atoms with Crippen molar-refractivity contribution >= 4 is 8.32 Å². The van der Waals surface area contributed by atoms with Crippen LogP contribution in [0.1, 0.15) is 66.7 Å². The van der Waals surface area contributed by atoms with Gasteiger partial charge < -0.3 is 9.53 Å². The Balaban J connectivity index is 1.99. The topological polar surface area (TPSA) is 29.5 Å². The third-order valence-corrected chi connectivity index (χ3v) is 12.1. The normalized spacial score (nSPS) is 37.1. The van der Waals surface area contributed by atoms with Gasteiger partial charge in [0.05, 0.1) is 6.10 Å². The molecule has 2 aliphatic carbocycles. The molecule has 2 nitrogen and oxygen atoms in total. The number of hydrogen-bond acceptors (Lipinski definition) is 2. The lowest BCUT2D eigenvalue weighted by atomic mass is 9.62. The van der Waals surface area contributed by atoms with Gasteiger partial charge in [-0.05, 0) is 67.0 Å². The summed E-state index contributed by atoms with van der Waals surface area (Å²) in [5.74, 6) is 1.92. The van der Waals surface area contributed by atoms with Gasteiger partial charge in [-0.15, -0.1) is 0 Å². The summed E-state index contributed by atoms with van der Waals surface area (Å²) >= 11 is 0. The minimum absolute atomic E-state index is 0.0488. The fraction of sp³-hybridized carbons (Fsp3) is 1.00. The highest BCUT2D eigenvalue weighted by Crippen LogP contribution is 2.57. The zero-order valence-corrected chi connectivity index (χ0v) is 16.5. The van der Waals surface area contributed by atoms with E-state index in [1.807, 2.05) is 0 Å². The molecule has 2 rings (SSSR count). The molecule has 1 N–H and O–H groups in total. The van der Waals surface area contributed by atoms with Gasteiger partial charge in [-0.3, -0.25) is 0 Å². The van der Waals surface area contributed by atoms with E-state index in [-0.39, 0.29) is 6.10 Å². The molecule has 0 radical (unpaired) electrons. The van der Waals surface area contributed by atoms with Crippen LogP contribution in [0, 0.1) is 23.2 Å². The smallest absolute Gasteiger partial charge is 0.191 e. The molecule has 0 saturated heterocycles. The molecule has 0 aliphatic heterocycles. The quantitative estimate of drug-likeness (QED) is 0.650. The molecule has 2 saturated carbocycles. The Kier molecular flexibility index (Phi) is 6.18. The van der Waals surface area contributed by atoms with Crippen molar-refractivity contribution in [3.8, 4) is 0 Å². The minimum atomic E-state index is -1.46. The Bertz CT molecular complexity index is 347. The zero-order chi connectivity index (χ0) is 16.4. The first-order valence-electron chi connectivity index (χ1n) is 9.74. The maximum Gasteiger partial charge on any atom is 0.191 e. The highest BCUT2D eigenvalue weighted by molar-refractivity contribution is 6.73. The van der Waals surface area contributed by atoms with E-state index in [4.69, 9.17) is 4.43 Å². The fourth-order valence-electron chi connectivity index (χ4n) is 5.60. The average molecular weight is 327 g/mol. The third-order valence-electron chi connectivity index (χ3n) is 7.43. The van der Waals surface area contributed by atoms with Crippen molar-refractivity contribution in [2.75, 3.05) is 6.61 Å². The molecule has 3 heteroatoms. The van der Waals surface area contributed by atoms with Crippen molar-refractivity contribution in [2.45, 2.75) is 91.0 Å². The highest BCUT2D eigenvalue weighted by atomic mass is 28.4. The second-order valence-electron chi connectivity index (χ2n) is 8.29. The summed E-state index contributed by atoms with van der Waals surface area (Å²) in [4.78, 5) is 0. The predicted molar refractivity (Wildman–Crippen MR) is 96.5 cm³/mol. The molecule has 0 spiro atoms. The molecule has 0 bridgehead atoms. The van der Waals surface area contributed by atoms with Crippen molar-refractivity contribution in [3.05, 3.63) is 0 Å². The predicted octanol–water partition coefficient (Wildman–Crippen LogP) is 5.22. The van der Waals surface area contributed by atoms with Crippen LogP contribution in [0.4, 0.5) is 0 Å². The molecule has 22 heavy (non-hydrogen) atoms. The van der Waals surface area contributed by atoms with Gasteiger partial charge in [-0.2, -0.15) is 0 Å². The van der Waals surface area contributed by atoms with E-state index in [1.165, 1.54) is 43.8 Å². The summed E-state index contributed by atoms with van der Waals surface area (Å²) in [7, 11) is -1.46. The highest BCUT2D eigenvalue weighted by Gasteiger charge is 2.52. The van der Waals surface area contributed by atoms with Crippen LogP contribution in [0.25, 0.3) is 0 Å². The number of hydrogen-bond donors (Lipinski definition) is 1. The van der Waals surface area contributed by atoms with Crippen LogP contribution in [0.15, 0.2) is 0 Å². The van der Waals surface area contributed by atoms with E-state index in [0.717, 1.165) is 18.9 Å². The van der Waals surface area contributed by atoms with Gasteiger partial charge >= 0.3 is 0 Å². The summed E-state index contributed by atoms with van der Waals surface area (Å²) < 4.78 is 6.58. The zero-order valence-electron chi connectivity index (χ0n) is 15.5. The molecule has 5 atom stereocenters. The number of aliphatic hydroxyl groups is 1. The largest absolute Gasteiger partial charge is 0.417 e. The van der Waals surface area contributed by atoms with E-state index >= 15 is 0 Å². The standard InChI is InChI=1S/C19H38O2Si/c1-6-22(7-2,8-3)21-14-15(4)16-11-12-17-18(20)10-9-13-19(16,17)5/h15-18,20H,6-14H2,1-5H3/t15-,16?,17?,18+,19-/m1/s1. The molecule has 2 fully saturated rings. The summed E-state index contributed by atoms with van der Waals surface area (Å²) in [6.45, 7) is 12.7. The van der Waals surface area contributed by atoms with Crippen LogP contribution in [0.3, 0.4) is 0 Å². The number of aliphatic hydroxyl groups excluding tert-OH is 1. The molecule has 0 heterocycles. The van der Waals surface area contributed by atoms with Crippen molar-refractivity contribution in [2.24, 2.45) is 23.2 Å². The van der Waals surface area contributed by atoms with E-state index in [1.54, 1.807) is 0 Å². The van der Waals surface area contributed by atoms with E-state index in [0.29, 0.717) is 17.3 Å². The van der Waals surface area contributed by atoms with Crippen LogP contribution < -0.4 is 0 Å². The summed E-state index contributed by atoms with van der Waals surface area (Å²) in [6.07, 6.45) is 6.01. The van der Waals surface area contributed by atoms with Crippen molar-refractivity contribution in [1.29, 1.82) is 0 Å². The Labute approximate surface area is 139 Å². The van der Waals surface area contributed by atoms with Crippen molar-refractivity contribution < 1.29 is 9.53 Å². The van der Waals surface area contributed by atoms with Gasteiger partial charge in [0.15, 0.2) is 8.32 Å². The van der Waals surface area contributed by atoms with Crippen molar-refractivity contribution in [1.82, 2.24) is 0 Å². The summed E-state index contributed by atoms with van der Waals surface area (Å²) in [5.41, 5.74) is 0.356. The maximum absolute atomic E-state index is 10.4. The van der Waals surface area contributed by atoms with Crippen LogP contribution in [0.2, 0.25) is 18.1 Å². The molecule has 130 valence electrons. The monoisotopic (exact) mass is 326 g/mol. The van der Waals surface area contributed by atoms with E-state index in [9.17, 15) is 5.11 Å². The van der Waals surface area contributed by atoms with Gasteiger partial charge in [-0.1, -0.05) is 41.0 Å². The van der Waals surface area contributed by atoms with Crippen LogP contribution in [0.5, 0.6) is 0 Å². The van der Waals surface area contributed by atoms with E-state index in [2.05, 4.69) is 34.6 Å². The average Bonchev–Trinajstić information content (AvgIpc) is 2.87. The summed E-state index contributed by atoms with van der Waals surface area (Å²) in [5, 5.41) is 10.4. The second kappa shape index (κ2) is 7.35. The number of fused-ring (bicyclic) bond motifs is 1. The molecule has 0 amide bonds. The van der Waals surface area contributed by atoms with Crippen LogP contribution in [-0.2, 0) is 4.43 Å². The molecule has 0 aromatic rings. The van der Waals surface area contributed by atoms with Gasteiger partial charge in [-0.25, -0.2) is 0 Å². The number of rotatable bonds is 7. The fourth-order valence-corrected chi connectivity index (χ4v) is 8.33. The Morgan fingerprint density at radius 2 is 1.77 bits per heavy atom. The molecule has 2 aliphatic rings. The minimum Gasteiger partial charge on any atom is -0.417 e. The Morgan fingerprint density at radius 1 is 1.14 bits per heavy atom. The van der Waals surface area contributed by atoms with Gasteiger partial charge in [0.1, 0.15) is 0 Å². The van der Waals surface area contributed by atoms with Gasteiger partial charge in [0, 0.05) is 6.61 Å². The first kappa shape index (κ1) is 18.5. The van der Waals surface area contributed by atoms with Crippen LogP contribution in [-0.4, -0.2) is 26.1 Å². The molecule has 0 aromatic heterocycles. The molecule has 2 unspecified atom stereocenters. The van der Waals surface area contributed by atoms with Gasteiger partial charge in [0.25, 0.3) is 0 Å². The van der Waals surface area contributed by atoms with Crippen molar-refractivity contribution in [3.63, 3.8) is 0 Å². The Morgan fingerprint density at radius 3 is 2.36 bits per heavy atom. The first-order valence-corrected chi connectivity index (χ1v) is 12.3. The second-order valence-corrected chi connectivity index (χ2v) is 13.1. The Hall–Kier alpha value is 0.137. The lowest BCUT2D eigenvalue weighted by Crippen LogP contribution is -2.43. The lowest BCUT2D eigenvalue weighted by Gasteiger charge is -2.45. The maximum atomic E-state index is 10.4. The SMILES string of the molecule is CC[Si](CC)(CC)OC[C@@H](C)C1CCC2[C@@H](O)CCC[C@]12C. The van der Waals surface area contributed by atoms with E-state index < -0.39 is 8.32 Å². The van der Waals surface area contributed by atoms with Gasteiger partial charge in [0.2, 0.25) is 0 Å². The molecule has 0 aromatic carbocycles. The lowest BCUT2D eigenvalue weighted by molar-refractivity contribution is -0.0314. The third kappa shape index (κ3) is 3.32. The molecular formula is C19H38O2Si. The molecular weight excluding hydrogens is 288 g/mol. The first-order chi connectivity index (χ1) is 10.4. The van der Waals surface area contributed by atoms with Crippen LogP contribution >= 0.6 is 0 Å².